The van der Waals surface area contributed by atoms with Gasteiger partial charge in [-0.3, -0.25) is 4.79 Å². The highest BCUT2D eigenvalue weighted by Gasteiger charge is 2.07. The fourth-order valence-corrected chi connectivity index (χ4v) is 2.11. The van der Waals surface area contributed by atoms with Gasteiger partial charge in [0.15, 0.2) is 0 Å². The Morgan fingerprint density at radius 2 is 1.87 bits per heavy atom. The summed E-state index contributed by atoms with van der Waals surface area (Å²) in [7, 11) is 0. The molecule has 2 aromatic rings. The number of nitrogens with zero attached hydrogens (tertiary/aromatic N) is 1. The lowest BCUT2D eigenvalue weighted by Gasteiger charge is -2.03. The molecular formula is C18H16Cl2N2O. The molecule has 0 radical (unpaired) electrons. The fourth-order valence-electron chi connectivity index (χ4n) is 1.82. The molecule has 0 aromatic heterocycles. The summed E-state index contributed by atoms with van der Waals surface area (Å²) in [4.78, 5) is 12.1. The van der Waals surface area contributed by atoms with E-state index in [1.165, 1.54) is 6.07 Å². The zero-order valence-electron chi connectivity index (χ0n) is 12.6. The van der Waals surface area contributed by atoms with Gasteiger partial charge in [0, 0.05) is 5.56 Å². The largest absolute Gasteiger partial charge is 0.271 e. The number of carbonyl (C=O) groups excluding carboxylic acids is 1. The predicted octanol–water partition coefficient (Wildman–Crippen LogP) is 5.20. The molecule has 0 unspecified atom stereocenters. The lowest BCUT2D eigenvalue weighted by molar-refractivity contribution is 0.0955. The van der Waals surface area contributed by atoms with Crippen molar-refractivity contribution in [2.45, 2.75) is 13.3 Å². The summed E-state index contributed by atoms with van der Waals surface area (Å²) < 4.78 is 0. The Labute approximate surface area is 145 Å². The Morgan fingerprint density at radius 3 is 2.52 bits per heavy atom. The third-order valence-corrected chi connectivity index (χ3v) is 3.85. The van der Waals surface area contributed by atoms with Crippen LogP contribution in [0.2, 0.25) is 10.0 Å². The predicted molar refractivity (Wildman–Crippen MR) is 97.1 cm³/mol. The first kappa shape index (κ1) is 17.3. The second-order valence-corrected chi connectivity index (χ2v) is 5.58. The number of nitrogens with one attached hydrogen (secondary N) is 1. The van der Waals surface area contributed by atoms with Crippen LogP contribution in [0.3, 0.4) is 0 Å². The molecule has 0 bridgehead atoms. The van der Waals surface area contributed by atoms with Gasteiger partial charge in [0.1, 0.15) is 0 Å². The number of allylic oxidation sites excluding steroid dienone is 1. The molecule has 0 heterocycles. The van der Waals surface area contributed by atoms with Gasteiger partial charge < -0.3 is 0 Å². The van der Waals surface area contributed by atoms with Gasteiger partial charge in [0.05, 0.1) is 15.8 Å². The summed E-state index contributed by atoms with van der Waals surface area (Å²) in [6.07, 6.45) is 4.53. The Balaban J connectivity index is 2.05. The summed E-state index contributed by atoms with van der Waals surface area (Å²) in [6.45, 7) is 1.97. The molecule has 1 amide bonds. The third-order valence-electron chi connectivity index (χ3n) is 3.11. The van der Waals surface area contributed by atoms with E-state index in [0.29, 0.717) is 22.0 Å². The Bertz CT molecular complexity index is 740. The van der Waals surface area contributed by atoms with Crippen LogP contribution in [0.1, 0.15) is 29.3 Å². The van der Waals surface area contributed by atoms with Crippen LogP contribution in [0.5, 0.6) is 0 Å². The van der Waals surface area contributed by atoms with Crippen molar-refractivity contribution in [1.29, 1.82) is 0 Å². The lowest BCUT2D eigenvalue weighted by atomic mass is 10.2. The number of hydrogen-bond acceptors (Lipinski definition) is 2. The molecule has 118 valence electrons. The van der Waals surface area contributed by atoms with Crippen LogP contribution in [0.25, 0.3) is 6.08 Å². The first-order valence-electron chi connectivity index (χ1n) is 7.15. The molecule has 2 rings (SSSR count). The molecule has 23 heavy (non-hydrogen) atoms. The number of benzene rings is 2. The van der Waals surface area contributed by atoms with Gasteiger partial charge in [-0.2, -0.15) is 5.10 Å². The highest BCUT2D eigenvalue weighted by Crippen LogP contribution is 2.22. The average molecular weight is 347 g/mol. The minimum Gasteiger partial charge on any atom is -0.267 e. The van der Waals surface area contributed by atoms with E-state index < -0.39 is 0 Å². The molecule has 0 atom stereocenters. The topological polar surface area (TPSA) is 41.5 Å². The van der Waals surface area contributed by atoms with Gasteiger partial charge in [0.2, 0.25) is 0 Å². The van der Waals surface area contributed by atoms with Crippen LogP contribution in [-0.4, -0.2) is 11.6 Å². The van der Waals surface area contributed by atoms with Crippen molar-refractivity contribution in [2.75, 3.05) is 0 Å². The zero-order valence-corrected chi connectivity index (χ0v) is 14.1. The van der Waals surface area contributed by atoms with E-state index in [1.807, 2.05) is 49.4 Å². The average Bonchev–Trinajstić information content (AvgIpc) is 2.58. The van der Waals surface area contributed by atoms with Crippen LogP contribution in [0.15, 0.2) is 59.7 Å². The van der Waals surface area contributed by atoms with Gasteiger partial charge in [0.25, 0.3) is 5.91 Å². The van der Waals surface area contributed by atoms with E-state index in [-0.39, 0.29) is 5.91 Å². The molecule has 3 nitrogen and oxygen atoms in total. The van der Waals surface area contributed by atoms with Crippen molar-refractivity contribution in [3.63, 3.8) is 0 Å². The van der Waals surface area contributed by atoms with E-state index in [2.05, 4.69) is 10.5 Å². The van der Waals surface area contributed by atoms with Gasteiger partial charge in [-0.25, -0.2) is 5.43 Å². The maximum atomic E-state index is 12.1. The summed E-state index contributed by atoms with van der Waals surface area (Å²) in [5, 5.41) is 4.89. The van der Waals surface area contributed by atoms with Crippen LogP contribution in [0, 0.1) is 0 Å². The van der Waals surface area contributed by atoms with Crippen LogP contribution in [-0.2, 0) is 0 Å². The SMILES string of the molecule is CCC(/C=C/c1ccccc1)=N\NC(=O)c1ccc(Cl)c(Cl)c1. The van der Waals surface area contributed by atoms with E-state index in [1.54, 1.807) is 12.1 Å². The number of halogens is 2. The van der Waals surface area contributed by atoms with E-state index >= 15 is 0 Å². The third kappa shape index (κ3) is 5.23. The van der Waals surface area contributed by atoms with Crippen LogP contribution >= 0.6 is 23.2 Å². The number of amides is 1. The molecule has 0 saturated heterocycles. The standard InChI is InChI=1S/C18H16Cl2N2O/c1-2-15(10-8-13-6-4-3-5-7-13)21-22-18(23)14-9-11-16(19)17(20)12-14/h3-12H,2H2,1H3,(H,22,23)/b10-8+,21-15+. The molecule has 0 aliphatic rings. The molecular weight excluding hydrogens is 331 g/mol. The van der Waals surface area contributed by atoms with E-state index in [9.17, 15) is 4.79 Å². The van der Waals surface area contributed by atoms with E-state index in [4.69, 9.17) is 23.2 Å². The maximum absolute atomic E-state index is 12.1. The van der Waals surface area contributed by atoms with Crippen molar-refractivity contribution < 1.29 is 4.79 Å². The van der Waals surface area contributed by atoms with E-state index in [0.717, 1.165) is 11.3 Å². The Kier molecular flexibility index (Phi) is 6.39. The molecule has 5 heteroatoms. The molecule has 1 N–H and O–H groups in total. The van der Waals surface area contributed by atoms with Crippen molar-refractivity contribution in [3.8, 4) is 0 Å². The summed E-state index contributed by atoms with van der Waals surface area (Å²) in [5.74, 6) is -0.331. The second kappa shape index (κ2) is 8.51. The van der Waals surface area contributed by atoms with Gasteiger partial charge in [-0.1, -0.05) is 66.5 Å². The summed E-state index contributed by atoms with van der Waals surface area (Å²) in [6, 6.07) is 14.6. The number of rotatable bonds is 5. The van der Waals surface area contributed by atoms with Crippen molar-refractivity contribution >= 4 is 40.9 Å². The normalized spacial score (nSPS) is 11.7. The van der Waals surface area contributed by atoms with Gasteiger partial charge >= 0.3 is 0 Å². The van der Waals surface area contributed by atoms with Crippen molar-refractivity contribution in [3.05, 3.63) is 75.8 Å². The molecule has 0 spiro atoms. The monoisotopic (exact) mass is 346 g/mol. The first-order chi connectivity index (χ1) is 11.1. The molecule has 2 aromatic carbocycles. The lowest BCUT2D eigenvalue weighted by Crippen LogP contribution is -2.19. The summed E-state index contributed by atoms with van der Waals surface area (Å²) >= 11 is 11.7. The van der Waals surface area contributed by atoms with Crippen molar-refractivity contribution in [1.82, 2.24) is 5.43 Å². The Hall–Kier alpha value is -2.10. The van der Waals surface area contributed by atoms with Gasteiger partial charge in [-0.15, -0.1) is 0 Å². The van der Waals surface area contributed by atoms with Gasteiger partial charge in [-0.05, 0) is 36.3 Å². The van der Waals surface area contributed by atoms with Crippen LogP contribution in [0.4, 0.5) is 0 Å². The van der Waals surface area contributed by atoms with Crippen molar-refractivity contribution in [2.24, 2.45) is 5.10 Å². The Morgan fingerprint density at radius 1 is 1.13 bits per heavy atom. The van der Waals surface area contributed by atoms with Crippen LogP contribution < -0.4 is 5.43 Å². The molecule has 0 aliphatic carbocycles. The summed E-state index contributed by atoms with van der Waals surface area (Å²) in [5.41, 5.74) is 4.78. The smallest absolute Gasteiger partial charge is 0.267 e. The number of hydrazone groups is 1. The number of hydrogen-bond donors (Lipinski definition) is 1. The maximum Gasteiger partial charge on any atom is 0.271 e. The number of carbonyl (C=O) groups is 1. The second-order valence-electron chi connectivity index (χ2n) is 4.77. The molecule has 0 fully saturated rings. The highest BCUT2D eigenvalue weighted by atomic mass is 35.5. The first-order valence-corrected chi connectivity index (χ1v) is 7.91. The highest BCUT2D eigenvalue weighted by molar-refractivity contribution is 6.42. The fraction of sp³-hybridized carbons (Fsp3) is 0.111. The minimum absolute atomic E-state index is 0.331. The quantitative estimate of drug-likeness (QED) is 0.586. The minimum atomic E-state index is -0.331. The molecule has 0 aliphatic heterocycles. The zero-order chi connectivity index (χ0) is 16.7. The molecule has 0 saturated carbocycles.